The van der Waals surface area contributed by atoms with E-state index < -0.39 is 5.97 Å². The highest BCUT2D eigenvalue weighted by Crippen LogP contribution is 2.18. The highest BCUT2D eigenvalue weighted by molar-refractivity contribution is 6.06. The molecule has 1 N–H and O–H groups in total. The smallest absolute Gasteiger partial charge is 0.305 e. The van der Waals surface area contributed by atoms with Crippen molar-refractivity contribution < 1.29 is 14.7 Å². The predicted molar refractivity (Wildman–Crippen MR) is 79.3 cm³/mol. The number of pyridine rings is 1. The Kier molecular flexibility index (Phi) is 4.66. The first-order chi connectivity index (χ1) is 10.1. The highest BCUT2D eigenvalue weighted by atomic mass is 16.4. The Morgan fingerprint density at radius 1 is 1.19 bits per heavy atom. The second-order valence-electron chi connectivity index (χ2n) is 4.68. The third kappa shape index (κ3) is 3.89. The van der Waals surface area contributed by atoms with Crippen LogP contribution < -0.4 is 4.90 Å². The van der Waals surface area contributed by atoms with Crippen LogP contribution in [-0.4, -0.2) is 28.5 Å². The van der Waals surface area contributed by atoms with E-state index in [2.05, 4.69) is 4.98 Å². The van der Waals surface area contributed by atoms with E-state index in [1.54, 1.807) is 18.3 Å². The van der Waals surface area contributed by atoms with Crippen molar-refractivity contribution in [3.63, 3.8) is 0 Å². The van der Waals surface area contributed by atoms with Crippen molar-refractivity contribution in [2.24, 2.45) is 0 Å². The van der Waals surface area contributed by atoms with Crippen molar-refractivity contribution >= 4 is 17.6 Å². The van der Waals surface area contributed by atoms with Gasteiger partial charge in [-0.25, -0.2) is 0 Å². The molecule has 1 heterocycles. The highest BCUT2D eigenvalue weighted by Gasteiger charge is 2.18. The molecule has 1 amide bonds. The Bertz CT molecular complexity index is 624. The summed E-state index contributed by atoms with van der Waals surface area (Å²) in [5.41, 5.74) is 2.19. The number of benzene rings is 1. The first-order valence-corrected chi connectivity index (χ1v) is 6.58. The van der Waals surface area contributed by atoms with Crippen LogP contribution in [0.3, 0.4) is 0 Å². The molecular formula is C16H16N2O3. The zero-order chi connectivity index (χ0) is 15.2. The average molecular weight is 284 g/mol. The number of rotatable bonds is 5. The van der Waals surface area contributed by atoms with Gasteiger partial charge in [0, 0.05) is 24.6 Å². The molecule has 0 aliphatic rings. The molecular weight excluding hydrogens is 268 g/mol. The fourth-order valence-corrected chi connectivity index (χ4v) is 1.93. The molecule has 0 aliphatic heterocycles. The van der Waals surface area contributed by atoms with Crippen molar-refractivity contribution in [1.82, 2.24) is 4.98 Å². The molecule has 1 aromatic heterocycles. The molecule has 1 aromatic carbocycles. The lowest BCUT2D eigenvalue weighted by Crippen LogP contribution is -2.33. The molecule has 0 spiro atoms. The van der Waals surface area contributed by atoms with Crippen LogP contribution in [0.4, 0.5) is 5.69 Å². The number of aliphatic carboxylic acids is 1. The summed E-state index contributed by atoms with van der Waals surface area (Å²) in [6.07, 6.45) is 2.95. The SMILES string of the molecule is Cc1ccc(N(CCC(=O)O)C(=O)c2cccnc2)cc1. The van der Waals surface area contributed by atoms with Crippen LogP contribution in [0.5, 0.6) is 0 Å². The molecule has 0 bridgehead atoms. The van der Waals surface area contributed by atoms with Crippen molar-refractivity contribution in [3.05, 3.63) is 59.9 Å². The molecule has 108 valence electrons. The van der Waals surface area contributed by atoms with E-state index in [-0.39, 0.29) is 18.9 Å². The van der Waals surface area contributed by atoms with E-state index in [1.807, 2.05) is 31.2 Å². The number of hydrogen-bond donors (Lipinski definition) is 1. The van der Waals surface area contributed by atoms with Crippen molar-refractivity contribution in [3.8, 4) is 0 Å². The van der Waals surface area contributed by atoms with Crippen LogP contribution in [-0.2, 0) is 4.79 Å². The zero-order valence-corrected chi connectivity index (χ0v) is 11.7. The van der Waals surface area contributed by atoms with Crippen LogP contribution in [0.1, 0.15) is 22.3 Å². The summed E-state index contributed by atoms with van der Waals surface area (Å²) >= 11 is 0. The molecule has 21 heavy (non-hydrogen) atoms. The molecule has 0 saturated heterocycles. The lowest BCUT2D eigenvalue weighted by Gasteiger charge is -2.22. The van der Waals surface area contributed by atoms with Crippen LogP contribution in [0.15, 0.2) is 48.8 Å². The summed E-state index contributed by atoms with van der Waals surface area (Å²) in [5.74, 6) is -1.20. The Labute approximate surface area is 122 Å². The van der Waals surface area contributed by atoms with Crippen molar-refractivity contribution in [1.29, 1.82) is 0 Å². The van der Waals surface area contributed by atoms with Crippen LogP contribution in [0.2, 0.25) is 0 Å². The molecule has 0 aliphatic carbocycles. The quantitative estimate of drug-likeness (QED) is 0.915. The number of hydrogen-bond acceptors (Lipinski definition) is 3. The summed E-state index contributed by atoms with van der Waals surface area (Å²) in [7, 11) is 0. The number of aromatic nitrogens is 1. The molecule has 0 atom stereocenters. The van der Waals surface area contributed by atoms with Gasteiger partial charge in [-0.15, -0.1) is 0 Å². The number of amides is 1. The van der Waals surface area contributed by atoms with Gasteiger partial charge in [0.2, 0.25) is 0 Å². The molecule has 0 saturated carbocycles. The van der Waals surface area contributed by atoms with Gasteiger partial charge in [-0.2, -0.15) is 0 Å². The third-order valence-corrected chi connectivity index (χ3v) is 3.05. The average Bonchev–Trinajstić information content (AvgIpc) is 2.49. The van der Waals surface area contributed by atoms with Crippen LogP contribution in [0.25, 0.3) is 0 Å². The third-order valence-electron chi connectivity index (χ3n) is 3.05. The number of carboxylic acids is 1. The first kappa shape index (κ1) is 14.7. The van der Waals surface area contributed by atoms with E-state index in [0.717, 1.165) is 5.56 Å². The second-order valence-corrected chi connectivity index (χ2v) is 4.68. The van der Waals surface area contributed by atoms with Gasteiger partial charge in [-0.05, 0) is 31.2 Å². The number of carbonyl (C=O) groups excluding carboxylic acids is 1. The molecule has 0 fully saturated rings. The summed E-state index contributed by atoms with van der Waals surface area (Å²) in [5, 5.41) is 8.86. The maximum absolute atomic E-state index is 12.5. The van der Waals surface area contributed by atoms with E-state index in [0.29, 0.717) is 11.3 Å². The molecule has 5 heteroatoms. The van der Waals surface area contributed by atoms with Gasteiger partial charge in [0.25, 0.3) is 5.91 Å². The molecule has 0 unspecified atom stereocenters. The lowest BCUT2D eigenvalue weighted by molar-refractivity contribution is -0.136. The summed E-state index contributed by atoms with van der Waals surface area (Å²) in [6.45, 7) is 2.07. The maximum Gasteiger partial charge on any atom is 0.305 e. The standard InChI is InChI=1S/C16H16N2O3/c1-12-4-6-14(7-5-12)18(10-8-15(19)20)16(21)13-3-2-9-17-11-13/h2-7,9,11H,8,10H2,1H3,(H,19,20). The van der Waals surface area contributed by atoms with Crippen LogP contribution in [0, 0.1) is 6.92 Å². The summed E-state index contributed by atoms with van der Waals surface area (Å²) in [6, 6.07) is 10.7. The first-order valence-electron chi connectivity index (χ1n) is 6.58. The monoisotopic (exact) mass is 284 g/mol. The van der Waals surface area contributed by atoms with Crippen molar-refractivity contribution in [2.75, 3.05) is 11.4 Å². The molecule has 0 radical (unpaired) electrons. The summed E-state index contributed by atoms with van der Waals surface area (Å²) in [4.78, 5) is 28.7. The van der Waals surface area contributed by atoms with E-state index in [1.165, 1.54) is 11.1 Å². The topological polar surface area (TPSA) is 70.5 Å². The van der Waals surface area contributed by atoms with Gasteiger partial charge in [0.1, 0.15) is 0 Å². The number of carboxylic acid groups (broad SMARTS) is 1. The van der Waals surface area contributed by atoms with Gasteiger partial charge < -0.3 is 10.0 Å². The normalized spacial score (nSPS) is 10.1. The predicted octanol–water partition coefficient (Wildman–Crippen LogP) is 2.51. The van der Waals surface area contributed by atoms with Gasteiger partial charge in [-0.3, -0.25) is 14.6 Å². The Morgan fingerprint density at radius 3 is 2.48 bits per heavy atom. The number of anilines is 1. The number of aryl methyl sites for hydroxylation is 1. The van der Waals surface area contributed by atoms with E-state index in [9.17, 15) is 9.59 Å². The molecule has 5 nitrogen and oxygen atoms in total. The van der Waals surface area contributed by atoms with E-state index >= 15 is 0 Å². The van der Waals surface area contributed by atoms with Gasteiger partial charge in [-0.1, -0.05) is 17.7 Å². The van der Waals surface area contributed by atoms with E-state index in [4.69, 9.17) is 5.11 Å². The maximum atomic E-state index is 12.5. The minimum absolute atomic E-state index is 0.111. The minimum atomic E-state index is -0.939. The Balaban J connectivity index is 2.29. The number of carbonyl (C=O) groups is 2. The fraction of sp³-hybridized carbons (Fsp3) is 0.188. The minimum Gasteiger partial charge on any atom is -0.481 e. The Morgan fingerprint density at radius 2 is 1.90 bits per heavy atom. The van der Waals surface area contributed by atoms with Gasteiger partial charge in [0.05, 0.1) is 12.0 Å². The molecule has 2 rings (SSSR count). The van der Waals surface area contributed by atoms with Gasteiger partial charge in [0.15, 0.2) is 0 Å². The van der Waals surface area contributed by atoms with Crippen molar-refractivity contribution in [2.45, 2.75) is 13.3 Å². The van der Waals surface area contributed by atoms with Gasteiger partial charge >= 0.3 is 5.97 Å². The van der Waals surface area contributed by atoms with Crippen LogP contribution >= 0.6 is 0 Å². The zero-order valence-electron chi connectivity index (χ0n) is 11.7. The summed E-state index contributed by atoms with van der Waals surface area (Å²) < 4.78 is 0. The lowest BCUT2D eigenvalue weighted by atomic mass is 10.1. The molecule has 2 aromatic rings. The number of nitrogens with zero attached hydrogens (tertiary/aromatic N) is 2. The fourth-order valence-electron chi connectivity index (χ4n) is 1.93. The second kappa shape index (κ2) is 6.65. The largest absolute Gasteiger partial charge is 0.481 e. The Hall–Kier alpha value is -2.69.